The lowest BCUT2D eigenvalue weighted by molar-refractivity contribution is 0.0495. The van der Waals surface area contributed by atoms with Gasteiger partial charge in [-0.15, -0.1) is 0 Å². The minimum Gasteiger partial charge on any atom is -0.444 e. The molecule has 0 saturated heterocycles. The summed E-state index contributed by atoms with van der Waals surface area (Å²) in [4.78, 5) is 34.1. The molecule has 1 unspecified atom stereocenters. The largest absolute Gasteiger partial charge is 0.444 e. The normalized spacial score (nSPS) is 16.7. The van der Waals surface area contributed by atoms with Gasteiger partial charge in [0.25, 0.3) is 5.56 Å². The van der Waals surface area contributed by atoms with Gasteiger partial charge in [0.05, 0.1) is 5.69 Å². The van der Waals surface area contributed by atoms with Crippen molar-refractivity contribution in [2.75, 3.05) is 13.1 Å². The van der Waals surface area contributed by atoms with Crippen molar-refractivity contribution in [1.29, 1.82) is 0 Å². The van der Waals surface area contributed by atoms with Crippen molar-refractivity contribution < 1.29 is 9.53 Å². The van der Waals surface area contributed by atoms with Crippen LogP contribution in [0.3, 0.4) is 0 Å². The summed E-state index contributed by atoms with van der Waals surface area (Å²) >= 11 is 0. The summed E-state index contributed by atoms with van der Waals surface area (Å²) in [5, 5.41) is 2.86. The van der Waals surface area contributed by atoms with Crippen LogP contribution < -0.4 is 10.9 Å². The van der Waals surface area contributed by atoms with E-state index in [0.717, 1.165) is 17.8 Å². The molecular formula is C19H32N4O3. The molecular weight excluding hydrogens is 332 g/mol. The van der Waals surface area contributed by atoms with E-state index >= 15 is 0 Å². The number of aromatic amines is 1. The number of carbonyl (C=O) groups excluding carboxylic acids is 1. The summed E-state index contributed by atoms with van der Waals surface area (Å²) in [6, 6.07) is -0.0597. The van der Waals surface area contributed by atoms with Gasteiger partial charge < -0.3 is 15.0 Å². The zero-order valence-corrected chi connectivity index (χ0v) is 17.0. The van der Waals surface area contributed by atoms with Crippen LogP contribution in [-0.2, 0) is 23.1 Å². The summed E-state index contributed by atoms with van der Waals surface area (Å²) in [6.07, 6.45) is 0.258. The molecule has 0 saturated carbocycles. The Balaban J connectivity index is 2.02. The second-order valence-corrected chi connectivity index (χ2v) is 9.12. The van der Waals surface area contributed by atoms with E-state index in [-0.39, 0.29) is 17.0 Å². The number of nitrogens with one attached hydrogen (secondary N) is 2. The van der Waals surface area contributed by atoms with Gasteiger partial charge in [-0.2, -0.15) is 0 Å². The molecule has 1 aliphatic heterocycles. The SMILES string of the molecule is CC(CN1CCc2c(nc(C(C)(C)C)[nH]c2=O)C1)NC(=O)OC(C)(C)C. The van der Waals surface area contributed by atoms with E-state index in [1.165, 1.54) is 0 Å². The van der Waals surface area contributed by atoms with Crippen LogP contribution in [0.25, 0.3) is 0 Å². The van der Waals surface area contributed by atoms with Crippen molar-refractivity contribution in [1.82, 2.24) is 20.2 Å². The predicted molar refractivity (Wildman–Crippen MR) is 101 cm³/mol. The molecule has 2 rings (SSSR count). The zero-order valence-electron chi connectivity index (χ0n) is 17.0. The van der Waals surface area contributed by atoms with Crippen LogP contribution in [0.2, 0.25) is 0 Å². The van der Waals surface area contributed by atoms with Gasteiger partial charge in [0.15, 0.2) is 0 Å². The molecule has 7 nitrogen and oxygen atoms in total. The number of hydrogen-bond acceptors (Lipinski definition) is 5. The quantitative estimate of drug-likeness (QED) is 0.860. The second kappa shape index (κ2) is 7.39. The number of H-pyrrole nitrogens is 1. The van der Waals surface area contributed by atoms with Gasteiger partial charge in [0, 0.05) is 36.7 Å². The van der Waals surface area contributed by atoms with E-state index in [1.807, 2.05) is 48.5 Å². The number of nitrogens with zero attached hydrogens (tertiary/aromatic N) is 2. The maximum atomic E-state index is 12.4. The van der Waals surface area contributed by atoms with E-state index in [2.05, 4.69) is 15.2 Å². The fourth-order valence-electron chi connectivity index (χ4n) is 2.95. The zero-order chi connectivity index (χ0) is 19.7. The van der Waals surface area contributed by atoms with Crippen LogP contribution in [0.1, 0.15) is 65.5 Å². The highest BCUT2D eigenvalue weighted by Gasteiger charge is 2.26. The minimum atomic E-state index is -0.512. The Hall–Kier alpha value is -1.89. The number of rotatable bonds is 3. The predicted octanol–water partition coefficient (Wildman–Crippen LogP) is 2.34. The average molecular weight is 364 g/mol. The second-order valence-electron chi connectivity index (χ2n) is 9.12. The van der Waals surface area contributed by atoms with Gasteiger partial charge in [-0.05, 0) is 34.1 Å². The third kappa shape index (κ3) is 5.56. The first-order valence-corrected chi connectivity index (χ1v) is 9.19. The summed E-state index contributed by atoms with van der Waals surface area (Å²) in [5.41, 5.74) is 0.875. The smallest absolute Gasteiger partial charge is 0.407 e. The number of fused-ring (bicyclic) bond motifs is 1. The number of aromatic nitrogens is 2. The molecule has 0 spiro atoms. The third-order valence-electron chi connectivity index (χ3n) is 4.16. The monoisotopic (exact) mass is 364 g/mol. The number of amides is 1. The lowest BCUT2D eigenvalue weighted by Gasteiger charge is -2.31. The highest BCUT2D eigenvalue weighted by Crippen LogP contribution is 2.20. The van der Waals surface area contributed by atoms with E-state index in [4.69, 9.17) is 9.72 Å². The molecule has 1 aromatic rings. The van der Waals surface area contributed by atoms with Crippen LogP contribution in [0.4, 0.5) is 4.79 Å². The summed E-state index contributed by atoms with van der Waals surface area (Å²) in [6.45, 7) is 15.6. The summed E-state index contributed by atoms with van der Waals surface area (Å²) in [7, 11) is 0. The molecule has 0 bridgehead atoms. The Labute approximate surface area is 155 Å². The van der Waals surface area contributed by atoms with E-state index in [0.29, 0.717) is 25.3 Å². The van der Waals surface area contributed by atoms with Crippen molar-refractivity contribution in [3.63, 3.8) is 0 Å². The van der Waals surface area contributed by atoms with Crippen molar-refractivity contribution >= 4 is 6.09 Å². The van der Waals surface area contributed by atoms with E-state index in [1.54, 1.807) is 0 Å². The van der Waals surface area contributed by atoms with Crippen molar-refractivity contribution in [2.45, 2.75) is 78.5 Å². The van der Waals surface area contributed by atoms with Gasteiger partial charge in [-0.25, -0.2) is 9.78 Å². The van der Waals surface area contributed by atoms with Crippen LogP contribution >= 0.6 is 0 Å². The first kappa shape index (κ1) is 20.4. The molecule has 0 aromatic carbocycles. The van der Waals surface area contributed by atoms with Crippen LogP contribution in [0, 0.1) is 0 Å². The van der Waals surface area contributed by atoms with Crippen LogP contribution in [0.5, 0.6) is 0 Å². The molecule has 1 amide bonds. The van der Waals surface area contributed by atoms with Gasteiger partial charge in [0.1, 0.15) is 11.4 Å². The molecule has 1 aliphatic rings. The Kier molecular flexibility index (Phi) is 5.80. The molecule has 26 heavy (non-hydrogen) atoms. The molecule has 2 heterocycles. The summed E-state index contributed by atoms with van der Waals surface area (Å²) in [5.74, 6) is 0.711. The molecule has 0 aliphatic carbocycles. The highest BCUT2D eigenvalue weighted by molar-refractivity contribution is 5.68. The maximum absolute atomic E-state index is 12.4. The molecule has 2 N–H and O–H groups in total. The number of alkyl carbamates (subject to hydrolysis) is 1. The Bertz CT molecular complexity index is 713. The van der Waals surface area contributed by atoms with Gasteiger partial charge in [-0.3, -0.25) is 9.69 Å². The van der Waals surface area contributed by atoms with Gasteiger partial charge in [-0.1, -0.05) is 20.8 Å². The lowest BCUT2D eigenvalue weighted by atomic mass is 9.95. The van der Waals surface area contributed by atoms with Crippen molar-refractivity contribution in [3.05, 3.63) is 27.4 Å². The maximum Gasteiger partial charge on any atom is 0.407 e. The summed E-state index contributed by atoms with van der Waals surface area (Å²) < 4.78 is 5.30. The minimum absolute atomic E-state index is 0.0282. The van der Waals surface area contributed by atoms with Crippen molar-refractivity contribution in [2.24, 2.45) is 0 Å². The first-order chi connectivity index (χ1) is 11.8. The highest BCUT2D eigenvalue weighted by atomic mass is 16.6. The fourth-order valence-corrected chi connectivity index (χ4v) is 2.95. The van der Waals surface area contributed by atoms with Crippen molar-refractivity contribution in [3.8, 4) is 0 Å². The molecule has 1 aromatic heterocycles. The molecule has 7 heteroatoms. The molecule has 146 valence electrons. The topological polar surface area (TPSA) is 87.3 Å². The third-order valence-corrected chi connectivity index (χ3v) is 4.16. The molecule has 0 radical (unpaired) electrons. The average Bonchev–Trinajstić information content (AvgIpc) is 2.43. The standard InChI is InChI=1S/C19H32N4O3/c1-12(20-17(25)26-19(5,6)7)10-23-9-8-13-14(11-23)21-16(18(2,3)4)22-15(13)24/h12H,8-11H2,1-7H3,(H,20,25)(H,21,22,24). The number of carbonyl (C=O) groups is 1. The van der Waals surface area contributed by atoms with Gasteiger partial charge >= 0.3 is 6.09 Å². The number of hydrogen-bond donors (Lipinski definition) is 2. The van der Waals surface area contributed by atoms with Crippen LogP contribution in [0.15, 0.2) is 4.79 Å². The number of ether oxygens (including phenoxy) is 1. The Morgan fingerprint density at radius 3 is 2.54 bits per heavy atom. The Morgan fingerprint density at radius 1 is 1.31 bits per heavy atom. The molecule has 0 fully saturated rings. The lowest BCUT2D eigenvalue weighted by Crippen LogP contribution is -2.46. The van der Waals surface area contributed by atoms with E-state index < -0.39 is 11.7 Å². The van der Waals surface area contributed by atoms with E-state index in [9.17, 15) is 9.59 Å². The first-order valence-electron chi connectivity index (χ1n) is 9.19. The fraction of sp³-hybridized carbons (Fsp3) is 0.737. The van der Waals surface area contributed by atoms with Gasteiger partial charge in [0.2, 0.25) is 0 Å². The Morgan fingerprint density at radius 2 is 1.96 bits per heavy atom. The van der Waals surface area contributed by atoms with Crippen LogP contribution in [-0.4, -0.2) is 45.7 Å². The molecule has 1 atom stereocenters.